The number of nitrogens with zero attached hydrogens (tertiary/aromatic N) is 1. The van der Waals surface area contributed by atoms with Crippen LogP contribution in [-0.2, 0) is 9.59 Å². The summed E-state index contributed by atoms with van der Waals surface area (Å²) < 4.78 is 40.5. The monoisotopic (exact) mass is 424 g/mol. The van der Waals surface area contributed by atoms with E-state index in [0.29, 0.717) is 12.0 Å². The number of nitrogens with one attached hydrogen (secondary N) is 1. The molecule has 1 atom stereocenters. The zero-order valence-electron chi connectivity index (χ0n) is 15.5. The van der Waals surface area contributed by atoms with Gasteiger partial charge in [0, 0.05) is 35.2 Å². The van der Waals surface area contributed by atoms with Gasteiger partial charge in [-0.1, -0.05) is 35.9 Å². The SMILES string of the molecule is O=CN(c1cccc(F)c1)C(C(=O)NC1CCC(F)(F)CC1)c1ccccc1Cl. The van der Waals surface area contributed by atoms with Crippen LogP contribution in [0.15, 0.2) is 48.5 Å². The molecule has 0 spiro atoms. The first kappa shape index (κ1) is 21.2. The van der Waals surface area contributed by atoms with E-state index in [4.69, 9.17) is 11.6 Å². The first-order valence-electron chi connectivity index (χ1n) is 9.22. The van der Waals surface area contributed by atoms with Gasteiger partial charge in [0.15, 0.2) is 0 Å². The Kier molecular flexibility index (Phi) is 6.47. The highest BCUT2D eigenvalue weighted by molar-refractivity contribution is 6.31. The van der Waals surface area contributed by atoms with E-state index < -0.39 is 29.7 Å². The van der Waals surface area contributed by atoms with Gasteiger partial charge in [-0.15, -0.1) is 0 Å². The minimum absolute atomic E-state index is 0.134. The molecule has 0 aromatic heterocycles. The quantitative estimate of drug-likeness (QED) is 0.672. The minimum atomic E-state index is -2.72. The number of anilines is 1. The third-order valence-electron chi connectivity index (χ3n) is 5.01. The van der Waals surface area contributed by atoms with Crippen LogP contribution in [0.1, 0.15) is 37.3 Å². The molecule has 2 aromatic rings. The lowest BCUT2D eigenvalue weighted by atomic mass is 9.91. The molecule has 4 nitrogen and oxygen atoms in total. The molecule has 8 heteroatoms. The third kappa shape index (κ3) is 5.09. The van der Waals surface area contributed by atoms with Crippen molar-refractivity contribution in [1.82, 2.24) is 5.32 Å². The Morgan fingerprint density at radius 3 is 2.48 bits per heavy atom. The van der Waals surface area contributed by atoms with Gasteiger partial charge in [-0.3, -0.25) is 14.5 Å². The Morgan fingerprint density at radius 1 is 1.17 bits per heavy atom. The van der Waals surface area contributed by atoms with Crippen molar-refractivity contribution in [2.75, 3.05) is 4.90 Å². The van der Waals surface area contributed by atoms with E-state index in [-0.39, 0.29) is 36.4 Å². The second-order valence-corrected chi connectivity index (χ2v) is 7.46. The van der Waals surface area contributed by atoms with Crippen LogP contribution < -0.4 is 10.2 Å². The van der Waals surface area contributed by atoms with Crippen LogP contribution in [0, 0.1) is 5.82 Å². The van der Waals surface area contributed by atoms with Gasteiger partial charge in [-0.05, 0) is 37.1 Å². The van der Waals surface area contributed by atoms with Crippen LogP contribution in [0.2, 0.25) is 5.02 Å². The minimum Gasteiger partial charge on any atom is -0.351 e. The molecule has 1 unspecified atom stereocenters. The molecule has 29 heavy (non-hydrogen) atoms. The predicted molar refractivity (Wildman–Crippen MR) is 104 cm³/mol. The summed E-state index contributed by atoms with van der Waals surface area (Å²) in [6.07, 6.45) is 0.0768. The highest BCUT2D eigenvalue weighted by atomic mass is 35.5. The van der Waals surface area contributed by atoms with Crippen molar-refractivity contribution in [2.24, 2.45) is 0 Å². The summed E-state index contributed by atoms with van der Waals surface area (Å²) in [4.78, 5) is 26.1. The van der Waals surface area contributed by atoms with E-state index in [1.54, 1.807) is 24.3 Å². The Hall–Kier alpha value is -2.54. The van der Waals surface area contributed by atoms with Crippen LogP contribution in [-0.4, -0.2) is 24.3 Å². The second-order valence-electron chi connectivity index (χ2n) is 7.06. The lowest BCUT2D eigenvalue weighted by Crippen LogP contribution is -2.46. The summed E-state index contributed by atoms with van der Waals surface area (Å²) in [5, 5.41) is 3.01. The van der Waals surface area contributed by atoms with Gasteiger partial charge in [0.1, 0.15) is 11.9 Å². The van der Waals surface area contributed by atoms with Gasteiger partial charge in [0.2, 0.25) is 18.2 Å². The summed E-state index contributed by atoms with van der Waals surface area (Å²) in [6.45, 7) is 0. The lowest BCUT2D eigenvalue weighted by molar-refractivity contribution is -0.125. The standard InChI is InChI=1S/C21H20ClF3N2O2/c22-18-7-2-1-6-17(18)19(27(13-28)16-5-3-4-14(23)12-16)20(29)26-15-8-10-21(24,25)11-9-15/h1-7,12-13,15,19H,8-11H2,(H,26,29). The van der Waals surface area contributed by atoms with Crippen molar-refractivity contribution in [3.8, 4) is 0 Å². The number of hydrogen-bond acceptors (Lipinski definition) is 2. The maximum absolute atomic E-state index is 13.7. The molecule has 2 aromatic carbocycles. The van der Waals surface area contributed by atoms with E-state index in [2.05, 4.69) is 5.32 Å². The molecule has 2 amide bonds. The zero-order valence-corrected chi connectivity index (χ0v) is 16.2. The van der Waals surface area contributed by atoms with E-state index in [1.165, 1.54) is 18.2 Å². The van der Waals surface area contributed by atoms with Crippen LogP contribution in [0.25, 0.3) is 0 Å². The van der Waals surface area contributed by atoms with Gasteiger partial charge in [0.05, 0.1) is 0 Å². The fourth-order valence-corrected chi connectivity index (χ4v) is 3.73. The van der Waals surface area contributed by atoms with Crippen LogP contribution >= 0.6 is 11.6 Å². The first-order valence-corrected chi connectivity index (χ1v) is 9.60. The van der Waals surface area contributed by atoms with Gasteiger partial charge in [-0.2, -0.15) is 0 Å². The summed E-state index contributed by atoms with van der Waals surface area (Å²) in [5.74, 6) is -3.85. The molecule has 1 aliphatic rings. The van der Waals surface area contributed by atoms with E-state index in [1.807, 2.05) is 0 Å². The molecule has 154 valence electrons. The van der Waals surface area contributed by atoms with Crippen LogP contribution in [0.5, 0.6) is 0 Å². The zero-order chi connectivity index (χ0) is 21.0. The number of carbonyl (C=O) groups excluding carboxylic acids is 2. The lowest BCUT2D eigenvalue weighted by Gasteiger charge is -2.33. The second kappa shape index (κ2) is 8.86. The smallest absolute Gasteiger partial charge is 0.248 e. The molecule has 0 radical (unpaired) electrons. The number of carbonyl (C=O) groups is 2. The fraction of sp³-hybridized carbons (Fsp3) is 0.333. The highest BCUT2D eigenvalue weighted by Gasteiger charge is 2.37. The predicted octanol–water partition coefficient (Wildman–Crippen LogP) is 4.88. The topological polar surface area (TPSA) is 49.4 Å². The van der Waals surface area contributed by atoms with Gasteiger partial charge >= 0.3 is 0 Å². The van der Waals surface area contributed by atoms with Gasteiger partial charge < -0.3 is 5.32 Å². The Bertz CT molecular complexity index is 884. The third-order valence-corrected chi connectivity index (χ3v) is 5.35. The van der Waals surface area contributed by atoms with Crippen LogP contribution in [0.3, 0.4) is 0 Å². The first-order chi connectivity index (χ1) is 13.8. The Morgan fingerprint density at radius 2 is 1.86 bits per heavy atom. The summed E-state index contributed by atoms with van der Waals surface area (Å²) in [6, 6.07) is 10.2. The molecule has 3 rings (SSSR count). The maximum Gasteiger partial charge on any atom is 0.248 e. The largest absolute Gasteiger partial charge is 0.351 e. The number of halogens is 4. The van der Waals surface area contributed by atoms with E-state index in [0.717, 1.165) is 11.0 Å². The van der Waals surface area contributed by atoms with E-state index >= 15 is 0 Å². The Labute approximate surface area is 171 Å². The highest BCUT2D eigenvalue weighted by Crippen LogP contribution is 2.35. The fourth-order valence-electron chi connectivity index (χ4n) is 3.49. The summed E-state index contributed by atoms with van der Waals surface area (Å²) in [7, 11) is 0. The normalized spacial score (nSPS) is 17.4. The number of rotatable bonds is 6. The molecule has 0 aliphatic heterocycles. The average Bonchev–Trinajstić information content (AvgIpc) is 2.68. The molecular formula is C21H20ClF3N2O2. The molecule has 0 saturated heterocycles. The molecular weight excluding hydrogens is 405 g/mol. The van der Waals surface area contributed by atoms with Crippen molar-refractivity contribution in [3.63, 3.8) is 0 Å². The molecule has 0 bridgehead atoms. The van der Waals surface area contributed by atoms with Gasteiger partial charge in [-0.25, -0.2) is 13.2 Å². The molecule has 1 saturated carbocycles. The molecule has 0 heterocycles. The van der Waals surface area contributed by atoms with Crippen LogP contribution in [0.4, 0.5) is 18.9 Å². The van der Waals surface area contributed by atoms with Crippen molar-refractivity contribution >= 4 is 29.6 Å². The number of hydrogen-bond donors (Lipinski definition) is 1. The number of alkyl halides is 2. The molecule has 1 fully saturated rings. The Balaban J connectivity index is 1.92. The maximum atomic E-state index is 13.7. The van der Waals surface area contributed by atoms with E-state index in [9.17, 15) is 22.8 Å². The van der Waals surface area contributed by atoms with Crippen molar-refractivity contribution < 1.29 is 22.8 Å². The molecule has 1 N–H and O–H groups in total. The van der Waals surface area contributed by atoms with Crippen molar-refractivity contribution in [2.45, 2.75) is 43.7 Å². The van der Waals surface area contributed by atoms with Gasteiger partial charge in [0.25, 0.3) is 0 Å². The summed E-state index contributed by atoms with van der Waals surface area (Å²) in [5.41, 5.74) is 0.527. The summed E-state index contributed by atoms with van der Waals surface area (Å²) >= 11 is 6.27. The number of amides is 2. The average molecular weight is 425 g/mol. The molecule has 1 aliphatic carbocycles. The van der Waals surface area contributed by atoms with Crippen molar-refractivity contribution in [1.29, 1.82) is 0 Å². The van der Waals surface area contributed by atoms with Crippen molar-refractivity contribution in [3.05, 3.63) is 64.9 Å². The number of benzene rings is 2.